The van der Waals surface area contributed by atoms with Gasteiger partial charge in [-0.25, -0.2) is 0 Å². The third-order valence-corrected chi connectivity index (χ3v) is 9.93. The average molecular weight is 565 g/mol. The summed E-state index contributed by atoms with van der Waals surface area (Å²) < 4.78 is 10.5. The van der Waals surface area contributed by atoms with Gasteiger partial charge in [-0.3, -0.25) is 9.59 Å². The Morgan fingerprint density at radius 1 is 1.03 bits per heavy atom. The zero-order valence-corrected chi connectivity index (χ0v) is 23.5. The molecular weight excluding hydrogens is 532 g/mol. The predicted molar refractivity (Wildman–Crippen MR) is 155 cm³/mol. The number of hydrogen-bond donors (Lipinski definition) is 2. The van der Waals surface area contributed by atoms with Crippen LogP contribution in [0.25, 0.3) is 11.3 Å². The van der Waals surface area contributed by atoms with Crippen molar-refractivity contribution in [2.45, 2.75) is 38.5 Å². The van der Waals surface area contributed by atoms with E-state index >= 15 is 0 Å². The van der Waals surface area contributed by atoms with E-state index in [1.807, 2.05) is 4.90 Å². The molecule has 4 heterocycles. The molecule has 3 aliphatic rings. The molecule has 1 aromatic heterocycles. The number of H-pyrrole nitrogens is 1. The highest BCUT2D eigenvalue weighted by atomic mass is 32.2. The Morgan fingerprint density at radius 2 is 1.85 bits per heavy atom. The van der Waals surface area contributed by atoms with E-state index in [9.17, 15) is 9.59 Å². The molecule has 6 rings (SSSR count). The summed E-state index contributed by atoms with van der Waals surface area (Å²) in [7, 11) is 1.56. The molecule has 39 heavy (non-hydrogen) atoms. The SMILES string of the molecule is COCC(=O)N1CCC(Nc2ccc3c(c2)Sc2cccc(-c4cc(N5CCOCC5)cc(=O)[nH]4)c2S3)CC1. The highest BCUT2D eigenvalue weighted by Crippen LogP contribution is 2.52. The molecular formula is C29H32N4O4S2. The Morgan fingerprint density at radius 3 is 2.64 bits per heavy atom. The fraction of sp³-hybridized carbons (Fsp3) is 0.379. The molecule has 0 bridgehead atoms. The zero-order chi connectivity index (χ0) is 26.8. The molecule has 3 aliphatic heterocycles. The molecule has 2 aromatic carbocycles. The molecule has 0 saturated carbocycles. The van der Waals surface area contributed by atoms with Gasteiger partial charge in [-0.15, -0.1) is 0 Å². The van der Waals surface area contributed by atoms with Crippen molar-refractivity contribution < 1.29 is 14.3 Å². The number of morpholine rings is 1. The Labute approximate surface area is 236 Å². The third-order valence-electron chi connectivity index (χ3n) is 7.34. The summed E-state index contributed by atoms with van der Waals surface area (Å²) >= 11 is 3.52. The molecule has 0 radical (unpaired) electrons. The van der Waals surface area contributed by atoms with Gasteiger partial charge in [0.15, 0.2) is 0 Å². The Balaban J connectivity index is 1.18. The molecule has 2 N–H and O–H groups in total. The number of benzene rings is 2. The van der Waals surface area contributed by atoms with Crippen LogP contribution in [0.15, 0.2) is 72.9 Å². The number of methoxy groups -OCH3 is 1. The summed E-state index contributed by atoms with van der Waals surface area (Å²) in [5, 5.41) is 3.68. The maximum absolute atomic E-state index is 12.6. The third kappa shape index (κ3) is 5.84. The van der Waals surface area contributed by atoms with Gasteiger partial charge < -0.3 is 29.6 Å². The van der Waals surface area contributed by atoms with Gasteiger partial charge in [0.25, 0.3) is 0 Å². The van der Waals surface area contributed by atoms with Crippen LogP contribution in [0.4, 0.5) is 11.4 Å². The number of aromatic amines is 1. The Bertz CT molecular complexity index is 1410. The van der Waals surface area contributed by atoms with E-state index in [4.69, 9.17) is 9.47 Å². The van der Waals surface area contributed by atoms with Gasteiger partial charge in [0, 0.05) is 81.9 Å². The van der Waals surface area contributed by atoms with Crippen LogP contribution in [-0.2, 0) is 14.3 Å². The first-order valence-electron chi connectivity index (χ1n) is 13.3. The maximum Gasteiger partial charge on any atom is 0.250 e. The number of rotatable bonds is 6. The molecule has 0 aliphatic carbocycles. The number of nitrogens with one attached hydrogen (secondary N) is 2. The van der Waals surface area contributed by atoms with Gasteiger partial charge in [0.1, 0.15) is 6.61 Å². The molecule has 204 valence electrons. The highest BCUT2D eigenvalue weighted by molar-refractivity contribution is 8.05. The molecule has 0 atom stereocenters. The number of aromatic nitrogens is 1. The van der Waals surface area contributed by atoms with Crippen LogP contribution in [0.3, 0.4) is 0 Å². The molecule has 3 aromatic rings. The number of hydrogen-bond acceptors (Lipinski definition) is 8. The second kappa shape index (κ2) is 11.7. The monoisotopic (exact) mass is 564 g/mol. The number of fused-ring (bicyclic) bond motifs is 2. The number of piperidine rings is 1. The number of carbonyl (C=O) groups excluding carboxylic acids is 1. The lowest BCUT2D eigenvalue weighted by molar-refractivity contribution is -0.136. The summed E-state index contributed by atoms with van der Waals surface area (Å²) in [5.41, 5.74) is 3.83. The lowest BCUT2D eigenvalue weighted by Crippen LogP contribution is -2.43. The van der Waals surface area contributed by atoms with E-state index in [-0.39, 0.29) is 18.1 Å². The van der Waals surface area contributed by atoms with Gasteiger partial charge >= 0.3 is 0 Å². The first-order valence-corrected chi connectivity index (χ1v) is 14.9. The van der Waals surface area contributed by atoms with E-state index in [1.165, 1.54) is 19.6 Å². The molecule has 10 heteroatoms. The number of amides is 1. The van der Waals surface area contributed by atoms with Crippen molar-refractivity contribution >= 4 is 40.8 Å². The summed E-state index contributed by atoms with van der Waals surface area (Å²) in [4.78, 5) is 36.7. The molecule has 0 spiro atoms. The largest absolute Gasteiger partial charge is 0.382 e. The normalized spacial score (nSPS) is 17.5. The van der Waals surface area contributed by atoms with Crippen LogP contribution in [-0.4, -0.2) is 74.9 Å². The standard InChI is InChI=1S/C29H32N4O4S2/c1-36-18-28(35)33-9-7-19(8-10-33)30-20-5-6-24-26(15-20)38-25-4-2-3-22(29(25)39-24)23-16-21(17-27(34)31-23)32-11-13-37-14-12-32/h2-6,15-17,19,30H,7-14,18H2,1H3,(H,31,34). The van der Waals surface area contributed by atoms with Crippen molar-refractivity contribution in [2.24, 2.45) is 0 Å². The second-order valence-corrected chi connectivity index (χ2v) is 12.1. The maximum atomic E-state index is 12.6. The number of pyridine rings is 1. The quantitative estimate of drug-likeness (QED) is 0.353. The van der Waals surface area contributed by atoms with Crippen molar-refractivity contribution in [1.82, 2.24) is 9.88 Å². The van der Waals surface area contributed by atoms with Crippen LogP contribution < -0.4 is 15.8 Å². The van der Waals surface area contributed by atoms with Crippen molar-refractivity contribution in [2.75, 3.05) is 63.3 Å². The van der Waals surface area contributed by atoms with Crippen LogP contribution in [0.1, 0.15) is 12.8 Å². The summed E-state index contributed by atoms with van der Waals surface area (Å²) in [6.07, 6.45) is 1.84. The minimum Gasteiger partial charge on any atom is -0.382 e. The number of ether oxygens (including phenoxy) is 2. The Kier molecular flexibility index (Phi) is 7.87. The lowest BCUT2D eigenvalue weighted by Gasteiger charge is -2.33. The van der Waals surface area contributed by atoms with Gasteiger partial charge in [0.2, 0.25) is 11.5 Å². The fourth-order valence-corrected chi connectivity index (χ4v) is 7.72. The molecule has 0 unspecified atom stereocenters. The van der Waals surface area contributed by atoms with Crippen LogP contribution >= 0.6 is 23.5 Å². The summed E-state index contributed by atoms with van der Waals surface area (Å²) in [5.74, 6) is 0.0630. The minimum atomic E-state index is -0.0925. The second-order valence-electron chi connectivity index (χ2n) is 9.95. The topological polar surface area (TPSA) is 86.9 Å². The minimum absolute atomic E-state index is 0.0630. The highest BCUT2D eigenvalue weighted by Gasteiger charge is 2.25. The predicted octanol–water partition coefficient (Wildman–Crippen LogP) is 4.54. The number of nitrogens with zero attached hydrogens (tertiary/aromatic N) is 2. The molecule has 8 nitrogen and oxygen atoms in total. The first-order chi connectivity index (χ1) is 19.1. The van der Waals surface area contributed by atoms with E-state index in [2.05, 4.69) is 57.7 Å². The summed E-state index contributed by atoms with van der Waals surface area (Å²) in [6.45, 7) is 4.58. The van der Waals surface area contributed by atoms with Crippen molar-refractivity contribution in [3.05, 3.63) is 58.9 Å². The van der Waals surface area contributed by atoms with Crippen molar-refractivity contribution in [3.8, 4) is 11.3 Å². The van der Waals surface area contributed by atoms with E-state index < -0.39 is 0 Å². The van der Waals surface area contributed by atoms with E-state index in [0.29, 0.717) is 19.3 Å². The van der Waals surface area contributed by atoms with Crippen molar-refractivity contribution in [1.29, 1.82) is 0 Å². The van der Waals surface area contributed by atoms with Crippen LogP contribution in [0, 0.1) is 0 Å². The molecule has 2 saturated heterocycles. The average Bonchev–Trinajstić information content (AvgIpc) is 2.96. The molecule has 1 amide bonds. The van der Waals surface area contributed by atoms with Crippen LogP contribution in [0.5, 0.6) is 0 Å². The van der Waals surface area contributed by atoms with Crippen LogP contribution in [0.2, 0.25) is 0 Å². The van der Waals surface area contributed by atoms with Gasteiger partial charge in [-0.05, 0) is 43.2 Å². The molecule has 2 fully saturated rings. The lowest BCUT2D eigenvalue weighted by atomic mass is 10.0. The fourth-order valence-electron chi connectivity index (χ4n) is 5.31. The van der Waals surface area contributed by atoms with Gasteiger partial charge in [-0.2, -0.15) is 0 Å². The summed E-state index contributed by atoms with van der Waals surface area (Å²) in [6, 6.07) is 17.0. The van der Waals surface area contributed by atoms with E-state index in [0.717, 1.165) is 61.7 Å². The number of carbonyl (C=O) groups is 1. The van der Waals surface area contributed by atoms with E-state index in [1.54, 1.807) is 36.7 Å². The first kappa shape index (κ1) is 26.3. The zero-order valence-electron chi connectivity index (χ0n) is 21.9. The number of anilines is 2. The van der Waals surface area contributed by atoms with Gasteiger partial charge in [0.05, 0.1) is 18.9 Å². The van der Waals surface area contributed by atoms with Gasteiger partial charge in [-0.1, -0.05) is 35.7 Å². The number of likely N-dealkylation sites (tertiary alicyclic amines) is 1. The Hall–Kier alpha value is -2.92. The smallest absolute Gasteiger partial charge is 0.250 e. The van der Waals surface area contributed by atoms with Crippen molar-refractivity contribution in [3.63, 3.8) is 0 Å².